The zero-order chi connectivity index (χ0) is 23.9. The van der Waals surface area contributed by atoms with E-state index < -0.39 is 17.7 Å². The lowest BCUT2D eigenvalue weighted by Crippen LogP contribution is -2.29. The van der Waals surface area contributed by atoms with Crippen LogP contribution in [0.2, 0.25) is 0 Å². The van der Waals surface area contributed by atoms with E-state index in [1.807, 2.05) is 13.8 Å². The highest BCUT2D eigenvalue weighted by Crippen LogP contribution is 2.45. The fourth-order valence-electron chi connectivity index (χ4n) is 3.67. The summed E-state index contributed by atoms with van der Waals surface area (Å²) in [5.74, 6) is -1.27. The third kappa shape index (κ3) is 3.80. The average Bonchev–Trinajstić information content (AvgIpc) is 3.28. The van der Waals surface area contributed by atoms with Crippen molar-refractivity contribution >= 4 is 33.9 Å². The summed E-state index contributed by atoms with van der Waals surface area (Å²) in [4.78, 5) is 33.0. The van der Waals surface area contributed by atoms with Gasteiger partial charge in [0, 0.05) is 10.4 Å². The second-order valence-corrected chi connectivity index (χ2v) is 8.65. The predicted molar refractivity (Wildman–Crippen MR) is 124 cm³/mol. The maximum absolute atomic E-state index is 13.2. The van der Waals surface area contributed by atoms with Crippen LogP contribution in [0.15, 0.2) is 48.0 Å². The predicted octanol–water partition coefficient (Wildman–Crippen LogP) is 4.11. The lowest BCUT2D eigenvalue weighted by Gasteiger charge is -2.23. The minimum absolute atomic E-state index is 0.0802. The number of carbonyl (C=O) groups excluding carboxylic acids is 2. The molecule has 33 heavy (non-hydrogen) atoms. The monoisotopic (exact) mass is 466 g/mol. The van der Waals surface area contributed by atoms with Gasteiger partial charge >= 0.3 is 5.91 Å². The second-order valence-electron chi connectivity index (χ2n) is 7.47. The fraction of sp³-hybridized carbons (Fsp3) is 0.208. The number of ketones is 1. The third-order valence-corrected chi connectivity index (χ3v) is 6.62. The molecule has 2 heterocycles. The Labute approximate surface area is 194 Å². The fourth-order valence-corrected chi connectivity index (χ4v) is 4.61. The molecular formula is C24H22N2O6S. The van der Waals surface area contributed by atoms with Gasteiger partial charge in [-0.3, -0.25) is 14.5 Å². The van der Waals surface area contributed by atoms with Gasteiger partial charge in [-0.2, -0.15) is 0 Å². The molecule has 1 fully saturated rings. The van der Waals surface area contributed by atoms with Crippen LogP contribution in [0.25, 0.3) is 5.76 Å². The number of aryl methyl sites for hydroxylation is 2. The number of hydrogen-bond acceptors (Lipinski definition) is 8. The molecule has 2 aromatic carbocycles. The SMILES string of the molecule is COc1ccc(/C(O)=C2\C(=O)C(=O)N(c3nc(C)c(C)s3)C2c2ccc(O)c(OC)c2)cc1. The lowest BCUT2D eigenvalue weighted by molar-refractivity contribution is -0.132. The summed E-state index contributed by atoms with van der Waals surface area (Å²) >= 11 is 1.28. The molecule has 8 nitrogen and oxygen atoms in total. The zero-order valence-corrected chi connectivity index (χ0v) is 19.3. The lowest BCUT2D eigenvalue weighted by atomic mass is 9.95. The van der Waals surface area contributed by atoms with Crippen molar-refractivity contribution in [1.82, 2.24) is 4.98 Å². The smallest absolute Gasteiger partial charge is 0.301 e. The molecule has 1 aliphatic rings. The maximum Gasteiger partial charge on any atom is 0.301 e. The number of phenolic OH excluding ortho intramolecular Hbond substituents is 1. The van der Waals surface area contributed by atoms with Crippen molar-refractivity contribution in [2.75, 3.05) is 19.1 Å². The van der Waals surface area contributed by atoms with Gasteiger partial charge in [0.2, 0.25) is 0 Å². The Morgan fingerprint density at radius 1 is 1.06 bits per heavy atom. The Bertz CT molecular complexity index is 1260. The van der Waals surface area contributed by atoms with Gasteiger partial charge in [-0.05, 0) is 55.8 Å². The number of phenols is 1. The first-order valence-electron chi connectivity index (χ1n) is 10.0. The number of nitrogens with zero attached hydrogens (tertiary/aromatic N) is 2. The number of aromatic nitrogens is 1. The number of aliphatic hydroxyl groups excluding tert-OH is 1. The number of anilines is 1. The number of ether oxygens (including phenoxy) is 2. The largest absolute Gasteiger partial charge is 0.507 e. The number of amides is 1. The number of carbonyl (C=O) groups is 2. The van der Waals surface area contributed by atoms with Crippen LogP contribution in [0.4, 0.5) is 5.13 Å². The molecule has 0 radical (unpaired) electrons. The molecule has 1 saturated heterocycles. The minimum Gasteiger partial charge on any atom is -0.507 e. The normalized spacial score (nSPS) is 17.5. The van der Waals surface area contributed by atoms with Gasteiger partial charge in [0.15, 0.2) is 16.6 Å². The van der Waals surface area contributed by atoms with Gasteiger partial charge < -0.3 is 19.7 Å². The molecule has 2 N–H and O–H groups in total. The minimum atomic E-state index is -0.966. The molecule has 9 heteroatoms. The highest BCUT2D eigenvalue weighted by atomic mass is 32.1. The van der Waals surface area contributed by atoms with E-state index >= 15 is 0 Å². The number of benzene rings is 2. The molecule has 4 rings (SSSR count). The number of Topliss-reactive ketones (excluding diaryl/α,β-unsaturated/α-hetero) is 1. The van der Waals surface area contributed by atoms with Gasteiger partial charge in [-0.25, -0.2) is 4.98 Å². The third-order valence-electron chi connectivity index (χ3n) is 5.55. The quantitative estimate of drug-likeness (QED) is 0.331. The van der Waals surface area contributed by atoms with Crippen molar-refractivity contribution in [3.63, 3.8) is 0 Å². The van der Waals surface area contributed by atoms with Crippen LogP contribution in [0, 0.1) is 13.8 Å². The van der Waals surface area contributed by atoms with E-state index in [9.17, 15) is 19.8 Å². The number of methoxy groups -OCH3 is 2. The molecule has 0 spiro atoms. The Morgan fingerprint density at radius 3 is 2.33 bits per heavy atom. The van der Waals surface area contributed by atoms with Crippen molar-refractivity contribution < 1.29 is 29.3 Å². The molecule has 1 unspecified atom stereocenters. The number of rotatable bonds is 5. The summed E-state index contributed by atoms with van der Waals surface area (Å²) in [5.41, 5.74) is 1.50. The number of aliphatic hydroxyl groups is 1. The summed E-state index contributed by atoms with van der Waals surface area (Å²) in [6.45, 7) is 3.70. The van der Waals surface area contributed by atoms with E-state index in [0.29, 0.717) is 22.0 Å². The molecule has 170 valence electrons. The van der Waals surface area contributed by atoms with Gasteiger partial charge in [0.1, 0.15) is 11.5 Å². The van der Waals surface area contributed by atoms with Crippen LogP contribution < -0.4 is 14.4 Å². The van der Waals surface area contributed by atoms with E-state index in [-0.39, 0.29) is 22.8 Å². The van der Waals surface area contributed by atoms with E-state index in [0.717, 1.165) is 10.6 Å². The first-order chi connectivity index (χ1) is 15.8. The van der Waals surface area contributed by atoms with Gasteiger partial charge in [-0.15, -0.1) is 11.3 Å². The molecule has 1 amide bonds. The summed E-state index contributed by atoms with van der Waals surface area (Å²) in [6.07, 6.45) is 0. The van der Waals surface area contributed by atoms with Crippen molar-refractivity contribution in [2.24, 2.45) is 0 Å². The Morgan fingerprint density at radius 2 is 1.76 bits per heavy atom. The van der Waals surface area contributed by atoms with Crippen LogP contribution >= 0.6 is 11.3 Å². The van der Waals surface area contributed by atoms with Crippen molar-refractivity contribution in [3.05, 3.63) is 69.7 Å². The molecule has 0 aliphatic carbocycles. The highest BCUT2D eigenvalue weighted by molar-refractivity contribution is 7.16. The van der Waals surface area contributed by atoms with Gasteiger partial charge in [0.25, 0.3) is 5.78 Å². The Kier molecular flexibility index (Phi) is 5.82. The maximum atomic E-state index is 13.2. The van der Waals surface area contributed by atoms with Crippen LogP contribution in [-0.4, -0.2) is 41.1 Å². The van der Waals surface area contributed by atoms with E-state index in [1.54, 1.807) is 30.3 Å². The summed E-state index contributed by atoms with van der Waals surface area (Å²) < 4.78 is 10.4. The molecule has 0 saturated carbocycles. The van der Waals surface area contributed by atoms with Crippen LogP contribution in [0.1, 0.15) is 27.7 Å². The molecule has 1 aromatic heterocycles. The molecule has 1 aliphatic heterocycles. The standard InChI is InChI=1S/C24H22N2O6S/c1-12-13(2)33-24(25-12)26-20(15-7-10-17(27)18(11-15)32-4)19(22(29)23(26)30)21(28)14-5-8-16(31-3)9-6-14/h5-11,20,27-28H,1-4H3/b21-19+. The summed E-state index contributed by atoms with van der Waals surface area (Å²) in [5, 5.41) is 21.5. The Balaban J connectivity index is 1.95. The van der Waals surface area contributed by atoms with Crippen LogP contribution in [-0.2, 0) is 9.59 Å². The summed E-state index contributed by atoms with van der Waals surface area (Å²) in [6, 6.07) is 10.1. The Hall–Kier alpha value is -3.85. The van der Waals surface area contributed by atoms with Crippen molar-refractivity contribution in [1.29, 1.82) is 0 Å². The number of aromatic hydroxyl groups is 1. The van der Waals surface area contributed by atoms with Crippen LogP contribution in [0.3, 0.4) is 0 Å². The zero-order valence-electron chi connectivity index (χ0n) is 18.4. The van der Waals surface area contributed by atoms with Crippen LogP contribution in [0.5, 0.6) is 17.2 Å². The van der Waals surface area contributed by atoms with Crippen molar-refractivity contribution in [3.8, 4) is 17.2 Å². The number of hydrogen-bond donors (Lipinski definition) is 2. The van der Waals surface area contributed by atoms with E-state index in [2.05, 4.69) is 4.98 Å². The van der Waals surface area contributed by atoms with E-state index in [1.165, 1.54) is 42.6 Å². The van der Waals surface area contributed by atoms with E-state index in [4.69, 9.17) is 9.47 Å². The molecule has 1 atom stereocenters. The first-order valence-corrected chi connectivity index (χ1v) is 10.8. The molecular weight excluding hydrogens is 444 g/mol. The van der Waals surface area contributed by atoms with Gasteiger partial charge in [0.05, 0.1) is 31.5 Å². The first kappa shape index (κ1) is 22.3. The average molecular weight is 467 g/mol. The topological polar surface area (TPSA) is 109 Å². The second kappa shape index (κ2) is 8.59. The molecule has 0 bridgehead atoms. The highest BCUT2D eigenvalue weighted by Gasteiger charge is 2.48. The van der Waals surface area contributed by atoms with Crippen molar-refractivity contribution in [2.45, 2.75) is 19.9 Å². The molecule has 3 aromatic rings. The van der Waals surface area contributed by atoms with Gasteiger partial charge in [-0.1, -0.05) is 6.07 Å². The summed E-state index contributed by atoms with van der Waals surface area (Å²) in [7, 11) is 2.93. The number of thiazole rings is 1.